The maximum absolute atomic E-state index is 12.6. The van der Waals surface area contributed by atoms with Crippen LogP contribution in [0.3, 0.4) is 0 Å². The van der Waals surface area contributed by atoms with E-state index >= 15 is 0 Å². The molecule has 0 bridgehead atoms. The minimum Gasteiger partial charge on any atom is -0.204 e. The van der Waals surface area contributed by atoms with Crippen molar-refractivity contribution in [1.82, 2.24) is 0 Å². The Morgan fingerprint density at radius 2 is 2.07 bits per heavy atom. The molecule has 0 N–H and O–H groups in total. The standard InChI is InChI=1S/C9H5F2IS2/c10-9(11)8-7(12)5-2-1-4(13)3-6(5)14-8/h1-3,9,13H. The quantitative estimate of drug-likeness (QED) is 0.562. The van der Waals surface area contributed by atoms with Crippen LogP contribution in [-0.2, 0) is 0 Å². The lowest BCUT2D eigenvalue weighted by molar-refractivity contribution is 0.155. The zero-order chi connectivity index (χ0) is 10.3. The van der Waals surface area contributed by atoms with Gasteiger partial charge < -0.3 is 0 Å². The Balaban J connectivity index is 2.73. The summed E-state index contributed by atoms with van der Waals surface area (Å²) in [6, 6.07) is 5.47. The predicted octanol–water partition coefficient (Wildman–Crippen LogP) is 4.73. The normalized spacial score (nSPS) is 11.5. The third kappa shape index (κ3) is 1.77. The van der Waals surface area contributed by atoms with Crippen molar-refractivity contribution in [3.8, 4) is 0 Å². The highest BCUT2D eigenvalue weighted by atomic mass is 127. The molecule has 1 aromatic carbocycles. The lowest BCUT2D eigenvalue weighted by Crippen LogP contribution is -1.79. The summed E-state index contributed by atoms with van der Waals surface area (Å²) in [4.78, 5) is 0.954. The Hall–Kier alpha value is 0.120. The Morgan fingerprint density at radius 3 is 2.71 bits per heavy atom. The lowest BCUT2D eigenvalue weighted by atomic mass is 10.2. The molecule has 0 unspecified atom stereocenters. The molecule has 0 radical (unpaired) electrons. The first-order chi connectivity index (χ1) is 6.59. The van der Waals surface area contributed by atoms with Crippen LogP contribution in [0.15, 0.2) is 23.1 Å². The van der Waals surface area contributed by atoms with Crippen LogP contribution in [0.25, 0.3) is 10.1 Å². The van der Waals surface area contributed by atoms with Crippen LogP contribution >= 0.6 is 46.6 Å². The predicted molar refractivity (Wildman–Crippen MR) is 66.8 cm³/mol. The number of hydrogen-bond donors (Lipinski definition) is 1. The van der Waals surface area contributed by atoms with Gasteiger partial charge in [0.15, 0.2) is 0 Å². The van der Waals surface area contributed by atoms with Crippen molar-refractivity contribution in [2.45, 2.75) is 11.3 Å². The molecule has 0 spiro atoms. The zero-order valence-electron chi connectivity index (χ0n) is 6.80. The second-order valence-corrected chi connectivity index (χ2v) is 5.44. The van der Waals surface area contributed by atoms with Gasteiger partial charge in [-0.25, -0.2) is 8.78 Å². The van der Waals surface area contributed by atoms with E-state index in [0.29, 0.717) is 3.57 Å². The molecule has 14 heavy (non-hydrogen) atoms. The van der Waals surface area contributed by atoms with Crippen molar-refractivity contribution >= 4 is 56.6 Å². The van der Waals surface area contributed by atoms with Crippen molar-refractivity contribution in [3.05, 3.63) is 26.6 Å². The van der Waals surface area contributed by atoms with E-state index in [9.17, 15) is 8.78 Å². The lowest BCUT2D eigenvalue weighted by Gasteiger charge is -1.93. The Kier molecular flexibility index (Phi) is 2.99. The van der Waals surface area contributed by atoms with E-state index in [2.05, 4.69) is 12.6 Å². The van der Waals surface area contributed by atoms with E-state index in [0.717, 1.165) is 26.3 Å². The molecule has 2 rings (SSSR count). The van der Waals surface area contributed by atoms with Gasteiger partial charge in [0, 0.05) is 18.6 Å². The molecule has 0 saturated carbocycles. The molecule has 0 saturated heterocycles. The van der Waals surface area contributed by atoms with Gasteiger partial charge in [0.25, 0.3) is 6.43 Å². The summed E-state index contributed by atoms with van der Waals surface area (Å²) in [5, 5.41) is 0.892. The molecule has 0 fully saturated rings. The molecular weight excluding hydrogens is 337 g/mol. The van der Waals surface area contributed by atoms with Crippen LogP contribution in [0.2, 0.25) is 0 Å². The third-order valence-electron chi connectivity index (χ3n) is 1.84. The van der Waals surface area contributed by atoms with Gasteiger partial charge in [0.2, 0.25) is 0 Å². The SMILES string of the molecule is FC(F)c1sc2cc(S)ccc2c1I. The average Bonchev–Trinajstić information content (AvgIpc) is 2.43. The summed E-state index contributed by atoms with van der Waals surface area (Å²) >= 11 is 7.28. The fourth-order valence-corrected chi connectivity index (χ4v) is 3.71. The summed E-state index contributed by atoms with van der Waals surface area (Å²) in [5.74, 6) is 0. The molecule has 0 aliphatic heterocycles. The molecule has 0 atom stereocenters. The molecular formula is C9H5F2IS2. The van der Waals surface area contributed by atoms with Crippen LogP contribution in [0.1, 0.15) is 11.3 Å². The summed E-state index contributed by atoms with van der Waals surface area (Å²) in [6.45, 7) is 0. The Morgan fingerprint density at radius 1 is 1.36 bits per heavy atom. The molecule has 74 valence electrons. The van der Waals surface area contributed by atoms with Gasteiger partial charge in [-0.2, -0.15) is 0 Å². The van der Waals surface area contributed by atoms with E-state index in [1.165, 1.54) is 0 Å². The van der Waals surface area contributed by atoms with Crippen LogP contribution in [0.4, 0.5) is 8.78 Å². The highest BCUT2D eigenvalue weighted by Gasteiger charge is 2.17. The summed E-state index contributed by atoms with van der Waals surface area (Å²) < 4.78 is 26.6. The van der Waals surface area contributed by atoms with E-state index in [1.54, 1.807) is 0 Å². The van der Waals surface area contributed by atoms with Gasteiger partial charge in [-0.15, -0.1) is 24.0 Å². The highest BCUT2D eigenvalue weighted by molar-refractivity contribution is 14.1. The first-order valence-corrected chi connectivity index (χ1v) is 6.13. The molecule has 5 heteroatoms. The minimum absolute atomic E-state index is 0.152. The Bertz CT molecular complexity index is 479. The van der Waals surface area contributed by atoms with E-state index in [4.69, 9.17) is 0 Å². The van der Waals surface area contributed by atoms with Crippen LogP contribution in [0.5, 0.6) is 0 Å². The van der Waals surface area contributed by atoms with Gasteiger partial charge in [0.1, 0.15) is 0 Å². The van der Waals surface area contributed by atoms with E-state index in [-0.39, 0.29) is 4.88 Å². The average molecular weight is 342 g/mol. The maximum atomic E-state index is 12.6. The fourth-order valence-electron chi connectivity index (χ4n) is 1.21. The molecule has 0 nitrogen and oxygen atoms in total. The van der Waals surface area contributed by atoms with Crippen molar-refractivity contribution in [1.29, 1.82) is 0 Å². The number of rotatable bonds is 1. The largest absolute Gasteiger partial charge is 0.273 e. The van der Waals surface area contributed by atoms with Crippen LogP contribution < -0.4 is 0 Å². The first-order valence-electron chi connectivity index (χ1n) is 3.78. The van der Waals surface area contributed by atoms with Crippen LogP contribution in [-0.4, -0.2) is 0 Å². The maximum Gasteiger partial charge on any atom is 0.273 e. The van der Waals surface area contributed by atoms with Gasteiger partial charge in [-0.05, 0) is 34.7 Å². The van der Waals surface area contributed by atoms with Crippen molar-refractivity contribution in [2.24, 2.45) is 0 Å². The molecule has 0 aliphatic rings. The van der Waals surface area contributed by atoms with Crippen molar-refractivity contribution in [2.75, 3.05) is 0 Å². The van der Waals surface area contributed by atoms with E-state index in [1.807, 2.05) is 40.8 Å². The number of fused-ring (bicyclic) bond motifs is 1. The zero-order valence-corrected chi connectivity index (χ0v) is 10.7. The van der Waals surface area contributed by atoms with Crippen molar-refractivity contribution < 1.29 is 8.78 Å². The highest BCUT2D eigenvalue weighted by Crippen LogP contribution is 2.38. The number of hydrogen-bond acceptors (Lipinski definition) is 2. The summed E-state index contributed by atoms with van der Waals surface area (Å²) in [6.07, 6.45) is -2.39. The van der Waals surface area contributed by atoms with Crippen molar-refractivity contribution in [3.63, 3.8) is 0 Å². The molecule has 2 aromatic rings. The smallest absolute Gasteiger partial charge is 0.204 e. The fraction of sp³-hybridized carbons (Fsp3) is 0.111. The molecule has 0 aliphatic carbocycles. The van der Waals surface area contributed by atoms with Gasteiger partial charge in [-0.3, -0.25) is 0 Å². The van der Waals surface area contributed by atoms with Gasteiger partial charge in [0.05, 0.1) is 4.88 Å². The van der Waals surface area contributed by atoms with Gasteiger partial charge >= 0.3 is 0 Å². The molecule has 0 amide bonds. The number of thiophene rings is 1. The topological polar surface area (TPSA) is 0 Å². The van der Waals surface area contributed by atoms with Gasteiger partial charge in [-0.1, -0.05) is 6.07 Å². The number of halogens is 3. The monoisotopic (exact) mass is 342 g/mol. The molecule has 1 aromatic heterocycles. The summed E-state index contributed by atoms with van der Waals surface area (Å²) in [7, 11) is 0. The summed E-state index contributed by atoms with van der Waals surface area (Å²) in [5.41, 5.74) is 0. The third-order valence-corrected chi connectivity index (χ3v) is 4.80. The minimum atomic E-state index is -2.39. The second-order valence-electron chi connectivity index (χ2n) is 2.76. The second kappa shape index (κ2) is 3.94. The molecule has 1 heterocycles. The van der Waals surface area contributed by atoms with Crippen LogP contribution in [0, 0.1) is 3.57 Å². The Labute approximate surface area is 103 Å². The number of benzene rings is 1. The first kappa shape index (κ1) is 10.6. The number of alkyl halides is 2. The van der Waals surface area contributed by atoms with E-state index < -0.39 is 6.43 Å². The number of thiol groups is 1.